The lowest BCUT2D eigenvalue weighted by Gasteiger charge is -2.32. The number of nitro benzene ring substituents is 1. The molecule has 1 heterocycles. The van der Waals surface area contributed by atoms with Gasteiger partial charge in [-0.15, -0.1) is 0 Å². The van der Waals surface area contributed by atoms with Crippen molar-refractivity contribution in [3.8, 4) is 0 Å². The van der Waals surface area contributed by atoms with Gasteiger partial charge in [0, 0.05) is 31.6 Å². The van der Waals surface area contributed by atoms with Crippen LogP contribution in [0.2, 0.25) is 0 Å². The Kier molecular flexibility index (Phi) is 6.86. The van der Waals surface area contributed by atoms with Gasteiger partial charge in [0.1, 0.15) is 5.69 Å². The second-order valence-electron chi connectivity index (χ2n) is 7.83. The minimum absolute atomic E-state index is 0.0184. The summed E-state index contributed by atoms with van der Waals surface area (Å²) in [7, 11) is 0. The summed E-state index contributed by atoms with van der Waals surface area (Å²) in [4.78, 5) is 25.4. The number of nitro groups is 1. The zero-order chi connectivity index (χ0) is 20.8. The maximum atomic E-state index is 12.5. The number of anilines is 1. The van der Waals surface area contributed by atoms with Crippen molar-refractivity contribution in [3.63, 3.8) is 0 Å². The van der Waals surface area contributed by atoms with Crippen LogP contribution in [0.3, 0.4) is 0 Å². The number of hydrogen-bond acceptors (Lipinski definition) is 4. The lowest BCUT2D eigenvalue weighted by molar-refractivity contribution is -0.384. The topological polar surface area (TPSA) is 75.5 Å². The fourth-order valence-corrected chi connectivity index (χ4v) is 4.03. The Balaban J connectivity index is 1.44. The lowest BCUT2D eigenvalue weighted by Crippen LogP contribution is -2.41. The van der Waals surface area contributed by atoms with Gasteiger partial charge >= 0.3 is 0 Å². The monoisotopic (exact) mass is 395 g/mol. The molecular formula is C23H29N3O3. The first-order valence-electron chi connectivity index (χ1n) is 10.3. The molecule has 29 heavy (non-hydrogen) atoms. The van der Waals surface area contributed by atoms with E-state index in [-0.39, 0.29) is 22.4 Å². The van der Waals surface area contributed by atoms with E-state index in [2.05, 4.69) is 37.4 Å². The summed E-state index contributed by atoms with van der Waals surface area (Å²) in [6.07, 6.45) is 3.32. The van der Waals surface area contributed by atoms with Crippen molar-refractivity contribution in [1.82, 2.24) is 5.32 Å². The number of hydrogen-bond donors (Lipinski definition) is 1. The molecule has 1 amide bonds. The third-order valence-corrected chi connectivity index (χ3v) is 5.71. The van der Waals surface area contributed by atoms with Crippen molar-refractivity contribution >= 4 is 17.3 Å². The molecule has 154 valence electrons. The number of carbonyl (C=O) groups excluding carboxylic acids is 1. The van der Waals surface area contributed by atoms with Crippen LogP contribution in [-0.2, 0) is 11.2 Å². The molecule has 6 heteroatoms. The summed E-state index contributed by atoms with van der Waals surface area (Å²) in [5.74, 6) is 0.0861. The predicted octanol–water partition coefficient (Wildman–Crippen LogP) is 4.18. The van der Waals surface area contributed by atoms with Crippen molar-refractivity contribution < 1.29 is 9.72 Å². The van der Waals surface area contributed by atoms with E-state index in [1.807, 2.05) is 11.0 Å². The van der Waals surface area contributed by atoms with E-state index >= 15 is 0 Å². The first-order valence-corrected chi connectivity index (χ1v) is 10.3. The van der Waals surface area contributed by atoms with E-state index in [0.717, 1.165) is 25.7 Å². The minimum atomic E-state index is -0.343. The first-order chi connectivity index (χ1) is 14.0. The van der Waals surface area contributed by atoms with E-state index in [4.69, 9.17) is 0 Å². The Morgan fingerprint density at radius 2 is 1.90 bits per heavy atom. The molecule has 1 fully saturated rings. The van der Waals surface area contributed by atoms with Gasteiger partial charge in [-0.25, -0.2) is 0 Å². The lowest BCUT2D eigenvalue weighted by atomic mass is 9.95. The molecule has 0 atom stereocenters. The van der Waals surface area contributed by atoms with E-state index in [0.29, 0.717) is 25.3 Å². The van der Waals surface area contributed by atoms with Gasteiger partial charge in [-0.2, -0.15) is 0 Å². The summed E-state index contributed by atoms with van der Waals surface area (Å²) in [6.45, 7) is 6.22. The Bertz CT molecular complexity index is 873. The van der Waals surface area contributed by atoms with E-state index in [1.165, 1.54) is 22.8 Å². The molecule has 0 radical (unpaired) electrons. The number of piperidine rings is 1. The summed E-state index contributed by atoms with van der Waals surface area (Å²) in [6, 6.07) is 13.3. The van der Waals surface area contributed by atoms with Crippen LogP contribution < -0.4 is 10.2 Å². The van der Waals surface area contributed by atoms with Gasteiger partial charge in [-0.05, 0) is 56.7 Å². The fraction of sp³-hybridized carbons (Fsp3) is 0.435. The standard InChI is InChI=1S/C23H29N3O3/c1-17-9-10-19(18(2)16-17)6-5-13-24-23(27)20-11-14-25(15-12-20)21-7-3-4-8-22(21)26(28)29/h3-4,7-10,16,20H,5-6,11-15H2,1-2H3,(H,24,27). The second-order valence-corrected chi connectivity index (χ2v) is 7.83. The molecule has 0 saturated carbocycles. The molecular weight excluding hydrogens is 366 g/mol. The van der Waals surface area contributed by atoms with Crippen LogP contribution in [0.1, 0.15) is 36.0 Å². The molecule has 2 aromatic rings. The Labute approximate surface area is 172 Å². The molecule has 0 aromatic heterocycles. The zero-order valence-corrected chi connectivity index (χ0v) is 17.2. The molecule has 0 bridgehead atoms. The largest absolute Gasteiger partial charge is 0.366 e. The molecule has 1 aliphatic heterocycles. The van der Waals surface area contributed by atoms with Crippen LogP contribution in [0.5, 0.6) is 0 Å². The Morgan fingerprint density at radius 1 is 1.17 bits per heavy atom. The first kappa shape index (κ1) is 20.8. The quantitative estimate of drug-likeness (QED) is 0.434. The van der Waals surface area contributed by atoms with Crippen LogP contribution in [-0.4, -0.2) is 30.5 Å². The van der Waals surface area contributed by atoms with Crippen molar-refractivity contribution in [1.29, 1.82) is 0 Å². The van der Waals surface area contributed by atoms with Crippen LogP contribution in [0.25, 0.3) is 0 Å². The number of amides is 1. The number of aryl methyl sites for hydroxylation is 3. The highest BCUT2D eigenvalue weighted by Crippen LogP contribution is 2.31. The van der Waals surface area contributed by atoms with E-state index in [9.17, 15) is 14.9 Å². The molecule has 1 aliphatic rings. The predicted molar refractivity (Wildman–Crippen MR) is 115 cm³/mol. The average molecular weight is 396 g/mol. The normalized spacial score (nSPS) is 14.6. The van der Waals surface area contributed by atoms with Crippen LogP contribution in [0.15, 0.2) is 42.5 Å². The fourth-order valence-electron chi connectivity index (χ4n) is 4.03. The SMILES string of the molecule is Cc1ccc(CCCNC(=O)C2CCN(c3ccccc3[N+](=O)[O-])CC2)c(C)c1. The zero-order valence-electron chi connectivity index (χ0n) is 17.2. The van der Waals surface area contributed by atoms with Crippen LogP contribution in [0, 0.1) is 29.9 Å². The molecule has 1 N–H and O–H groups in total. The smallest absolute Gasteiger partial charge is 0.292 e. The molecule has 0 aliphatic carbocycles. The van der Waals surface area contributed by atoms with E-state index < -0.39 is 0 Å². The van der Waals surface area contributed by atoms with Gasteiger partial charge in [0.05, 0.1) is 4.92 Å². The van der Waals surface area contributed by atoms with Gasteiger partial charge in [0.25, 0.3) is 5.69 Å². The van der Waals surface area contributed by atoms with Gasteiger partial charge in [-0.1, -0.05) is 35.9 Å². The number of nitrogens with zero attached hydrogens (tertiary/aromatic N) is 2. The second kappa shape index (κ2) is 9.54. The number of nitrogens with one attached hydrogen (secondary N) is 1. The molecule has 1 saturated heterocycles. The molecule has 0 unspecified atom stereocenters. The number of carbonyl (C=O) groups is 1. The van der Waals surface area contributed by atoms with Gasteiger partial charge < -0.3 is 10.2 Å². The summed E-state index contributed by atoms with van der Waals surface area (Å²) in [5, 5.41) is 14.3. The van der Waals surface area contributed by atoms with Gasteiger partial charge in [0.15, 0.2) is 0 Å². The van der Waals surface area contributed by atoms with Crippen LogP contribution >= 0.6 is 0 Å². The maximum Gasteiger partial charge on any atom is 0.292 e. The summed E-state index contributed by atoms with van der Waals surface area (Å²) in [5.41, 5.74) is 4.68. The maximum absolute atomic E-state index is 12.5. The number of benzene rings is 2. The highest BCUT2D eigenvalue weighted by atomic mass is 16.6. The van der Waals surface area contributed by atoms with Gasteiger partial charge in [0.2, 0.25) is 5.91 Å². The third kappa shape index (κ3) is 5.34. The van der Waals surface area contributed by atoms with Crippen LogP contribution in [0.4, 0.5) is 11.4 Å². The van der Waals surface area contributed by atoms with E-state index in [1.54, 1.807) is 12.1 Å². The number of para-hydroxylation sites is 2. The number of rotatable bonds is 7. The Hall–Kier alpha value is -2.89. The summed E-state index contributed by atoms with van der Waals surface area (Å²) >= 11 is 0. The average Bonchev–Trinajstić information content (AvgIpc) is 2.72. The molecule has 2 aromatic carbocycles. The summed E-state index contributed by atoms with van der Waals surface area (Å²) < 4.78 is 0. The highest BCUT2D eigenvalue weighted by molar-refractivity contribution is 5.79. The Morgan fingerprint density at radius 3 is 2.59 bits per heavy atom. The minimum Gasteiger partial charge on any atom is -0.366 e. The van der Waals surface area contributed by atoms with Crippen molar-refractivity contribution in [2.45, 2.75) is 39.5 Å². The molecule has 0 spiro atoms. The van der Waals surface area contributed by atoms with Crippen molar-refractivity contribution in [3.05, 3.63) is 69.3 Å². The van der Waals surface area contributed by atoms with Crippen molar-refractivity contribution in [2.75, 3.05) is 24.5 Å². The molecule has 6 nitrogen and oxygen atoms in total. The van der Waals surface area contributed by atoms with Crippen molar-refractivity contribution in [2.24, 2.45) is 5.92 Å². The highest BCUT2D eigenvalue weighted by Gasteiger charge is 2.27. The molecule has 3 rings (SSSR count). The van der Waals surface area contributed by atoms with Gasteiger partial charge in [-0.3, -0.25) is 14.9 Å². The third-order valence-electron chi connectivity index (χ3n) is 5.71.